The van der Waals surface area contributed by atoms with Crippen molar-refractivity contribution in [2.45, 2.75) is 64.6 Å². The standard InChI is InChI=1S/C29H32ClF2N5O2/c1-3-36-13-17-6-4-5-16-7-19(8-18(14-36)26(16)17)34-28-33-12-21(30)27(35-28)37-15-29(2,11-25(38)39)20-9-22(31)23(32)10-24(20)37/h7-9,12,17,23H,3-6,10-11,13-15H2,1-2H3,(H,38,39)(H,33,34,35). The highest BCUT2D eigenvalue weighted by Crippen LogP contribution is 2.50. The molecule has 0 saturated carbocycles. The molecule has 1 aromatic carbocycles. The van der Waals surface area contributed by atoms with Crippen LogP contribution in [0.1, 0.15) is 62.1 Å². The van der Waals surface area contributed by atoms with E-state index in [1.54, 1.807) is 11.8 Å². The molecule has 0 bridgehead atoms. The van der Waals surface area contributed by atoms with Gasteiger partial charge in [0, 0.05) is 42.9 Å². The van der Waals surface area contributed by atoms with Crippen molar-refractivity contribution >= 4 is 35.0 Å². The predicted octanol–water partition coefficient (Wildman–Crippen LogP) is 6.28. The number of carbonyl (C=O) groups is 1. The van der Waals surface area contributed by atoms with E-state index < -0.39 is 23.4 Å². The number of benzene rings is 1. The van der Waals surface area contributed by atoms with Gasteiger partial charge in [0.15, 0.2) is 12.0 Å². The number of aliphatic carboxylic acids is 1. The monoisotopic (exact) mass is 555 g/mol. The zero-order valence-electron chi connectivity index (χ0n) is 22.1. The fourth-order valence-corrected chi connectivity index (χ4v) is 7.05. The summed E-state index contributed by atoms with van der Waals surface area (Å²) in [5, 5.41) is 13.2. The third-order valence-corrected chi connectivity index (χ3v) is 8.87. The van der Waals surface area contributed by atoms with Crippen LogP contribution in [0.2, 0.25) is 5.02 Å². The van der Waals surface area contributed by atoms with Gasteiger partial charge in [-0.25, -0.2) is 13.8 Å². The molecular weight excluding hydrogens is 524 g/mol. The van der Waals surface area contributed by atoms with Crippen molar-refractivity contribution < 1.29 is 18.7 Å². The number of hydrogen-bond acceptors (Lipinski definition) is 6. The molecule has 4 aliphatic rings. The molecule has 10 heteroatoms. The summed E-state index contributed by atoms with van der Waals surface area (Å²) >= 11 is 6.55. The van der Waals surface area contributed by atoms with Crippen molar-refractivity contribution in [3.05, 3.63) is 63.2 Å². The van der Waals surface area contributed by atoms with Crippen molar-refractivity contribution in [1.82, 2.24) is 14.9 Å². The van der Waals surface area contributed by atoms with Crippen LogP contribution in [0.4, 0.5) is 26.2 Å². The fraction of sp³-hybridized carbons (Fsp3) is 0.483. The van der Waals surface area contributed by atoms with E-state index in [4.69, 9.17) is 16.6 Å². The summed E-state index contributed by atoms with van der Waals surface area (Å²) in [7, 11) is 0. The predicted molar refractivity (Wildman–Crippen MR) is 147 cm³/mol. The molecule has 0 spiro atoms. The first-order chi connectivity index (χ1) is 18.6. The summed E-state index contributed by atoms with van der Waals surface area (Å²) in [4.78, 5) is 25.0. The highest BCUT2D eigenvalue weighted by Gasteiger charge is 2.46. The average molecular weight is 556 g/mol. The number of hydrogen-bond donors (Lipinski definition) is 2. The highest BCUT2D eigenvalue weighted by atomic mass is 35.5. The lowest BCUT2D eigenvalue weighted by atomic mass is 9.77. The van der Waals surface area contributed by atoms with Crippen molar-refractivity contribution in [2.24, 2.45) is 5.41 Å². The number of carboxylic acid groups (broad SMARTS) is 1. The second kappa shape index (κ2) is 9.86. The minimum Gasteiger partial charge on any atom is -0.481 e. The molecule has 7 nitrogen and oxygen atoms in total. The van der Waals surface area contributed by atoms with E-state index in [0.29, 0.717) is 29.0 Å². The van der Waals surface area contributed by atoms with Gasteiger partial charge >= 0.3 is 5.97 Å². The molecule has 206 valence electrons. The number of rotatable bonds is 6. The van der Waals surface area contributed by atoms with E-state index in [0.717, 1.165) is 37.8 Å². The van der Waals surface area contributed by atoms with Crippen LogP contribution in [0, 0.1) is 5.41 Å². The minimum absolute atomic E-state index is 0.188. The number of halogens is 3. The van der Waals surface area contributed by atoms with E-state index >= 15 is 0 Å². The number of alkyl halides is 1. The Morgan fingerprint density at radius 3 is 2.90 bits per heavy atom. The first-order valence-electron chi connectivity index (χ1n) is 13.6. The Balaban J connectivity index is 1.34. The number of aromatic nitrogens is 2. The molecule has 0 amide bonds. The van der Waals surface area contributed by atoms with Gasteiger partial charge in [0.05, 0.1) is 12.6 Å². The third-order valence-electron chi connectivity index (χ3n) is 8.60. The largest absolute Gasteiger partial charge is 0.481 e. The quantitative estimate of drug-likeness (QED) is 0.434. The number of aryl methyl sites for hydroxylation is 1. The maximum Gasteiger partial charge on any atom is 0.304 e. The van der Waals surface area contributed by atoms with Crippen LogP contribution in [0.25, 0.3) is 0 Å². The van der Waals surface area contributed by atoms with E-state index in [2.05, 4.69) is 34.3 Å². The van der Waals surface area contributed by atoms with Crippen LogP contribution in [-0.2, 0) is 17.8 Å². The summed E-state index contributed by atoms with van der Waals surface area (Å²) in [6.07, 6.45) is 3.84. The van der Waals surface area contributed by atoms with E-state index in [-0.39, 0.29) is 24.4 Å². The molecule has 2 N–H and O–H groups in total. The molecule has 3 heterocycles. The van der Waals surface area contributed by atoms with Gasteiger partial charge in [-0.2, -0.15) is 4.98 Å². The Morgan fingerprint density at radius 2 is 2.13 bits per heavy atom. The van der Waals surface area contributed by atoms with Crippen LogP contribution in [-0.4, -0.2) is 51.7 Å². The van der Waals surface area contributed by atoms with Crippen LogP contribution >= 0.6 is 11.6 Å². The summed E-state index contributed by atoms with van der Waals surface area (Å²) in [6.45, 7) is 7.17. The summed E-state index contributed by atoms with van der Waals surface area (Å²) in [5.41, 5.74) is 5.17. The Hall–Kier alpha value is -3.04. The number of carboxylic acids is 1. The number of nitrogens with one attached hydrogen (secondary N) is 1. The lowest BCUT2D eigenvalue weighted by molar-refractivity contribution is -0.138. The van der Waals surface area contributed by atoms with Crippen molar-refractivity contribution in [1.29, 1.82) is 0 Å². The molecule has 0 radical (unpaired) electrons. The number of nitrogens with zero attached hydrogens (tertiary/aromatic N) is 4. The van der Waals surface area contributed by atoms with E-state index in [9.17, 15) is 18.7 Å². The Morgan fingerprint density at radius 1 is 1.33 bits per heavy atom. The molecule has 0 fully saturated rings. The van der Waals surface area contributed by atoms with Gasteiger partial charge in [-0.3, -0.25) is 9.69 Å². The molecule has 2 aliphatic heterocycles. The maximum atomic E-state index is 14.5. The van der Waals surface area contributed by atoms with Gasteiger partial charge in [0.25, 0.3) is 0 Å². The summed E-state index contributed by atoms with van der Waals surface area (Å²) < 4.78 is 28.8. The lowest BCUT2D eigenvalue weighted by Crippen LogP contribution is -2.35. The lowest BCUT2D eigenvalue weighted by Gasteiger charge is -2.38. The first-order valence-corrected chi connectivity index (χ1v) is 13.9. The number of allylic oxidation sites excluding steroid dienone is 3. The zero-order chi connectivity index (χ0) is 27.5. The van der Waals surface area contributed by atoms with E-state index in [1.165, 1.54) is 35.7 Å². The van der Waals surface area contributed by atoms with Gasteiger partial charge in [0.1, 0.15) is 10.8 Å². The van der Waals surface area contributed by atoms with Gasteiger partial charge < -0.3 is 15.3 Å². The molecule has 3 atom stereocenters. The molecule has 2 aliphatic carbocycles. The van der Waals surface area contributed by atoms with E-state index in [1.807, 2.05) is 0 Å². The second-order valence-electron chi connectivity index (χ2n) is 11.4. The van der Waals surface area contributed by atoms with Crippen molar-refractivity contribution in [3.8, 4) is 0 Å². The summed E-state index contributed by atoms with van der Waals surface area (Å²) in [6, 6.07) is 4.37. The average Bonchev–Trinajstić information content (AvgIpc) is 3.15. The number of anilines is 3. The third kappa shape index (κ3) is 4.69. The SMILES string of the molecule is CCN1Cc2cc(Nc3ncc(Cl)c(N4CC(C)(CC(=O)O)C5=C4CC(F)C(F)=C5)n3)cc3c2C(CCC3)C1. The maximum absolute atomic E-state index is 14.5. The van der Waals surface area contributed by atoms with Crippen molar-refractivity contribution in [3.63, 3.8) is 0 Å². The number of likely N-dealkylation sites (N-methyl/N-ethyl adjacent to an activating group) is 1. The molecule has 3 unspecified atom stereocenters. The minimum atomic E-state index is -1.80. The first kappa shape index (κ1) is 26.2. The van der Waals surface area contributed by atoms with Crippen LogP contribution < -0.4 is 10.2 Å². The van der Waals surface area contributed by atoms with Gasteiger partial charge in [-0.05, 0) is 72.2 Å². The van der Waals surface area contributed by atoms with Crippen LogP contribution in [0.3, 0.4) is 0 Å². The van der Waals surface area contributed by atoms with Crippen molar-refractivity contribution in [2.75, 3.05) is 29.9 Å². The summed E-state index contributed by atoms with van der Waals surface area (Å²) in [5.74, 6) is -0.644. The molecule has 2 aromatic rings. The Bertz CT molecular complexity index is 1410. The second-order valence-corrected chi connectivity index (χ2v) is 11.8. The van der Waals surface area contributed by atoms with Gasteiger partial charge in [-0.1, -0.05) is 25.4 Å². The Labute approximate surface area is 231 Å². The molecular formula is C29H32ClF2N5O2. The smallest absolute Gasteiger partial charge is 0.304 e. The Kier molecular flexibility index (Phi) is 6.62. The topological polar surface area (TPSA) is 81.6 Å². The molecule has 0 saturated heterocycles. The fourth-order valence-electron chi connectivity index (χ4n) is 6.86. The van der Waals surface area contributed by atoms with Gasteiger partial charge in [0.2, 0.25) is 5.95 Å². The molecule has 6 rings (SSSR count). The normalized spacial score (nSPS) is 26.3. The van der Waals surface area contributed by atoms with Crippen LogP contribution in [0.15, 0.2) is 41.5 Å². The molecule has 1 aromatic heterocycles. The van der Waals surface area contributed by atoms with Crippen LogP contribution in [0.5, 0.6) is 0 Å². The molecule has 39 heavy (non-hydrogen) atoms. The highest BCUT2D eigenvalue weighted by molar-refractivity contribution is 6.33. The van der Waals surface area contributed by atoms with Gasteiger partial charge in [-0.15, -0.1) is 0 Å². The zero-order valence-corrected chi connectivity index (χ0v) is 22.9.